The molecule has 1 aromatic heterocycles. The Morgan fingerprint density at radius 3 is 2.25 bits per heavy atom. The zero-order valence-electron chi connectivity index (χ0n) is 9.29. The number of aryl methyl sites for hydroxylation is 3. The third-order valence-electron chi connectivity index (χ3n) is 2.89. The highest BCUT2D eigenvalue weighted by Gasteiger charge is 2.16. The zero-order chi connectivity index (χ0) is 12.0. The van der Waals surface area contributed by atoms with Crippen LogP contribution in [0.15, 0.2) is 15.3 Å². The molecule has 2 rings (SSSR count). The second kappa shape index (κ2) is 3.27. The quantitative estimate of drug-likeness (QED) is 0.713. The fraction of sp³-hybridized carbons (Fsp3) is 0.250. The van der Waals surface area contributed by atoms with Gasteiger partial charge in [0, 0.05) is 11.5 Å². The average molecular weight is 220 g/mol. The van der Waals surface area contributed by atoms with E-state index in [2.05, 4.69) is 0 Å². The maximum atomic E-state index is 11.6. The van der Waals surface area contributed by atoms with Gasteiger partial charge in [0.05, 0.1) is 0 Å². The van der Waals surface area contributed by atoms with E-state index < -0.39 is 5.63 Å². The molecule has 84 valence electrons. The van der Waals surface area contributed by atoms with Gasteiger partial charge in [-0.05, 0) is 31.9 Å². The highest BCUT2D eigenvalue weighted by Crippen LogP contribution is 2.34. The maximum absolute atomic E-state index is 11.6. The average Bonchev–Trinajstić information content (AvgIpc) is 2.20. The summed E-state index contributed by atoms with van der Waals surface area (Å²) in [6.45, 7) is 5.16. The summed E-state index contributed by atoms with van der Waals surface area (Å²) >= 11 is 0. The van der Waals surface area contributed by atoms with Gasteiger partial charge in [0.2, 0.25) is 0 Å². The third-order valence-corrected chi connectivity index (χ3v) is 2.89. The molecule has 0 spiro atoms. The van der Waals surface area contributed by atoms with Gasteiger partial charge in [-0.2, -0.15) is 0 Å². The number of phenols is 2. The molecule has 0 bridgehead atoms. The van der Waals surface area contributed by atoms with Crippen LogP contribution < -0.4 is 5.63 Å². The first-order valence-corrected chi connectivity index (χ1v) is 4.89. The Bertz CT molecular complexity index is 629. The molecule has 2 aromatic rings. The van der Waals surface area contributed by atoms with Crippen molar-refractivity contribution in [2.45, 2.75) is 20.8 Å². The molecule has 0 radical (unpaired) electrons. The highest BCUT2D eigenvalue weighted by atomic mass is 16.4. The predicted molar refractivity (Wildman–Crippen MR) is 60.0 cm³/mol. The van der Waals surface area contributed by atoms with Gasteiger partial charge in [0.1, 0.15) is 22.6 Å². The molecule has 0 aliphatic carbocycles. The van der Waals surface area contributed by atoms with E-state index in [4.69, 9.17) is 4.42 Å². The van der Waals surface area contributed by atoms with Crippen molar-refractivity contribution in [1.29, 1.82) is 0 Å². The number of phenolic OH excluding ortho intramolecular Hbond substituents is 2. The molecule has 0 aliphatic heterocycles. The van der Waals surface area contributed by atoms with Crippen LogP contribution >= 0.6 is 0 Å². The van der Waals surface area contributed by atoms with Gasteiger partial charge in [0.15, 0.2) is 0 Å². The molecule has 1 heterocycles. The van der Waals surface area contributed by atoms with Crippen LogP contribution in [0.4, 0.5) is 0 Å². The lowest BCUT2D eigenvalue weighted by Gasteiger charge is -2.09. The van der Waals surface area contributed by atoms with Crippen LogP contribution in [0.5, 0.6) is 11.5 Å². The minimum Gasteiger partial charge on any atom is -0.508 e. The lowest BCUT2D eigenvalue weighted by Crippen LogP contribution is -2.04. The van der Waals surface area contributed by atoms with Gasteiger partial charge < -0.3 is 14.6 Å². The largest absolute Gasteiger partial charge is 0.508 e. The Balaban J connectivity index is 3.18. The minimum absolute atomic E-state index is 0.0295. The molecule has 0 unspecified atom stereocenters. The van der Waals surface area contributed by atoms with Crippen LogP contribution in [0.3, 0.4) is 0 Å². The van der Waals surface area contributed by atoms with Gasteiger partial charge in [-0.1, -0.05) is 0 Å². The van der Waals surface area contributed by atoms with E-state index in [1.807, 2.05) is 0 Å². The van der Waals surface area contributed by atoms with Crippen LogP contribution in [-0.2, 0) is 0 Å². The standard InChI is InChI=1S/C12H12O4/c1-5-7(3)16-12(15)11-9(14)4-8(13)6(2)10(5)11/h4,13-14H,1-3H3. The summed E-state index contributed by atoms with van der Waals surface area (Å²) in [5, 5.41) is 19.9. The molecule has 0 fully saturated rings. The number of fused-ring (bicyclic) bond motifs is 1. The molecule has 4 nitrogen and oxygen atoms in total. The van der Waals surface area contributed by atoms with E-state index in [-0.39, 0.29) is 16.9 Å². The number of hydrogen-bond acceptors (Lipinski definition) is 4. The lowest BCUT2D eigenvalue weighted by atomic mass is 10.0. The molecule has 4 heteroatoms. The smallest absolute Gasteiger partial charge is 0.347 e. The first-order chi connectivity index (χ1) is 7.43. The number of rotatable bonds is 0. The molecule has 0 amide bonds. The topological polar surface area (TPSA) is 70.7 Å². The van der Waals surface area contributed by atoms with Crippen molar-refractivity contribution >= 4 is 10.8 Å². The van der Waals surface area contributed by atoms with Crippen LogP contribution in [0, 0.1) is 20.8 Å². The molecule has 1 aromatic carbocycles. The first kappa shape index (κ1) is 10.5. The van der Waals surface area contributed by atoms with E-state index in [9.17, 15) is 15.0 Å². The second-order valence-corrected chi connectivity index (χ2v) is 3.86. The summed E-state index contributed by atoms with van der Waals surface area (Å²) in [7, 11) is 0. The monoisotopic (exact) mass is 220 g/mol. The van der Waals surface area contributed by atoms with Crippen molar-refractivity contribution in [1.82, 2.24) is 0 Å². The van der Waals surface area contributed by atoms with Crippen molar-refractivity contribution in [3.8, 4) is 11.5 Å². The van der Waals surface area contributed by atoms with Crippen LogP contribution in [0.2, 0.25) is 0 Å². The van der Waals surface area contributed by atoms with Crippen molar-refractivity contribution in [3.05, 3.63) is 33.4 Å². The van der Waals surface area contributed by atoms with E-state index in [1.165, 1.54) is 0 Å². The van der Waals surface area contributed by atoms with Crippen LogP contribution in [0.25, 0.3) is 10.8 Å². The Morgan fingerprint density at radius 1 is 1.00 bits per heavy atom. The van der Waals surface area contributed by atoms with E-state index in [0.717, 1.165) is 11.6 Å². The zero-order valence-corrected chi connectivity index (χ0v) is 9.29. The summed E-state index contributed by atoms with van der Waals surface area (Å²) in [5.74, 6) is 0.207. The number of aromatic hydroxyl groups is 2. The van der Waals surface area contributed by atoms with Crippen LogP contribution in [0.1, 0.15) is 16.9 Å². The number of hydrogen-bond donors (Lipinski definition) is 2. The van der Waals surface area contributed by atoms with Crippen molar-refractivity contribution in [2.75, 3.05) is 0 Å². The highest BCUT2D eigenvalue weighted by molar-refractivity contribution is 5.94. The molecule has 0 saturated carbocycles. The summed E-state index contributed by atoms with van der Waals surface area (Å²) in [6.07, 6.45) is 0. The normalized spacial score (nSPS) is 10.9. The molecule has 0 saturated heterocycles. The van der Waals surface area contributed by atoms with Crippen molar-refractivity contribution < 1.29 is 14.6 Å². The lowest BCUT2D eigenvalue weighted by molar-refractivity contribution is 0.446. The second-order valence-electron chi connectivity index (χ2n) is 3.86. The molecule has 16 heavy (non-hydrogen) atoms. The van der Waals surface area contributed by atoms with Gasteiger partial charge in [-0.3, -0.25) is 0 Å². The van der Waals surface area contributed by atoms with Gasteiger partial charge >= 0.3 is 5.63 Å². The Labute approximate surface area is 91.8 Å². The van der Waals surface area contributed by atoms with Gasteiger partial charge in [-0.25, -0.2) is 4.79 Å². The minimum atomic E-state index is -0.585. The Hall–Kier alpha value is -1.97. The first-order valence-electron chi connectivity index (χ1n) is 4.89. The van der Waals surface area contributed by atoms with Crippen molar-refractivity contribution in [2.24, 2.45) is 0 Å². The van der Waals surface area contributed by atoms with E-state index in [1.54, 1.807) is 20.8 Å². The molecular formula is C12H12O4. The summed E-state index contributed by atoms with van der Waals surface area (Å²) in [5.41, 5.74) is 0.735. The third kappa shape index (κ3) is 1.26. The van der Waals surface area contributed by atoms with Gasteiger partial charge in [0.25, 0.3) is 0 Å². The van der Waals surface area contributed by atoms with Gasteiger partial charge in [-0.15, -0.1) is 0 Å². The fourth-order valence-corrected chi connectivity index (χ4v) is 1.87. The van der Waals surface area contributed by atoms with Crippen LogP contribution in [-0.4, -0.2) is 10.2 Å². The molecule has 0 aliphatic rings. The van der Waals surface area contributed by atoms with E-state index in [0.29, 0.717) is 16.7 Å². The fourth-order valence-electron chi connectivity index (χ4n) is 1.87. The summed E-state index contributed by atoms with van der Waals surface area (Å²) in [4.78, 5) is 11.6. The molecule has 2 N–H and O–H groups in total. The maximum Gasteiger partial charge on any atom is 0.347 e. The number of benzene rings is 1. The molecular weight excluding hydrogens is 208 g/mol. The van der Waals surface area contributed by atoms with E-state index >= 15 is 0 Å². The van der Waals surface area contributed by atoms with Crippen molar-refractivity contribution in [3.63, 3.8) is 0 Å². The summed E-state index contributed by atoms with van der Waals surface area (Å²) in [6, 6.07) is 1.16. The SMILES string of the molecule is Cc1oc(=O)c2c(O)cc(O)c(C)c2c1C. The predicted octanol–water partition coefficient (Wildman–Crippen LogP) is 2.13. The Morgan fingerprint density at radius 2 is 1.62 bits per heavy atom. The Kier molecular flexibility index (Phi) is 2.15. The summed E-state index contributed by atoms with van der Waals surface area (Å²) < 4.78 is 5.00. The molecule has 0 atom stereocenters.